The van der Waals surface area contributed by atoms with Gasteiger partial charge in [-0.1, -0.05) is 24.3 Å². The van der Waals surface area contributed by atoms with E-state index in [1.165, 1.54) is 37.3 Å². The molecule has 0 aromatic heterocycles. The average molecular weight is 355 g/mol. The Labute approximate surface area is 140 Å². The molecule has 25 heavy (non-hydrogen) atoms. The van der Waals surface area contributed by atoms with Crippen LogP contribution in [-0.4, -0.2) is 18.0 Å². The number of alkyl halides is 3. The van der Waals surface area contributed by atoms with Crippen LogP contribution < -0.4 is 5.32 Å². The lowest BCUT2D eigenvalue weighted by molar-refractivity contribution is -0.137. The number of esters is 1. The monoisotopic (exact) mass is 355 g/mol. The highest BCUT2D eigenvalue weighted by molar-refractivity contribution is 5.97. The molecule has 1 amide bonds. The summed E-state index contributed by atoms with van der Waals surface area (Å²) in [5, 5.41) is 2.06. The van der Waals surface area contributed by atoms with Gasteiger partial charge < -0.3 is 10.1 Å². The van der Waals surface area contributed by atoms with E-state index in [1.54, 1.807) is 0 Å². The van der Waals surface area contributed by atoms with Crippen LogP contribution in [0.15, 0.2) is 48.5 Å². The van der Waals surface area contributed by atoms with Gasteiger partial charge >= 0.3 is 12.1 Å². The van der Waals surface area contributed by atoms with E-state index in [4.69, 9.17) is 4.74 Å². The maximum absolute atomic E-state index is 13.5. The number of benzene rings is 2. The lowest BCUT2D eigenvalue weighted by Gasteiger charge is -2.17. The number of para-hydroxylation sites is 1. The fourth-order valence-corrected chi connectivity index (χ4v) is 1.98. The van der Waals surface area contributed by atoms with Crippen LogP contribution in [0.1, 0.15) is 22.8 Å². The number of nitrogens with one attached hydrogen (secondary N) is 1. The molecule has 1 atom stereocenters. The first kappa shape index (κ1) is 18.4. The van der Waals surface area contributed by atoms with E-state index in [0.717, 1.165) is 18.2 Å². The van der Waals surface area contributed by atoms with Crippen molar-refractivity contribution in [2.45, 2.75) is 19.2 Å². The Balaban J connectivity index is 2.09. The zero-order chi connectivity index (χ0) is 18.6. The van der Waals surface area contributed by atoms with Crippen LogP contribution in [0.25, 0.3) is 0 Å². The molecule has 8 heteroatoms. The quantitative estimate of drug-likeness (QED) is 0.666. The van der Waals surface area contributed by atoms with Crippen molar-refractivity contribution < 1.29 is 31.9 Å². The van der Waals surface area contributed by atoms with Gasteiger partial charge in [0.15, 0.2) is 6.10 Å². The Morgan fingerprint density at radius 1 is 1.04 bits per heavy atom. The van der Waals surface area contributed by atoms with Crippen molar-refractivity contribution in [3.05, 3.63) is 65.5 Å². The molecule has 0 saturated heterocycles. The van der Waals surface area contributed by atoms with Crippen LogP contribution in [0, 0.1) is 5.82 Å². The minimum Gasteiger partial charge on any atom is -0.449 e. The van der Waals surface area contributed by atoms with Gasteiger partial charge in [0.25, 0.3) is 5.91 Å². The average Bonchev–Trinajstić information content (AvgIpc) is 2.54. The van der Waals surface area contributed by atoms with Crippen LogP contribution in [0.5, 0.6) is 0 Å². The lowest BCUT2D eigenvalue weighted by atomic mass is 10.1. The number of halogens is 4. The number of ether oxygens (including phenoxy) is 1. The Bertz CT molecular complexity index is 789. The smallest absolute Gasteiger partial charge is 0.418 e. The highest BCUT2D eigenvalue weighted by atomic mass is 19.4. The zero-order valence-electron chi connectivity index (χ0n) is 12.9. The fourth-order valence-electron chi connectivity index (χ4n) is 1.98. The van der Waals surface area contributed by atoms with Crippen LogP contribution in [0.2, 0.25) is 0 Å². The Kier molecular flexibility index (Phi) is 5.41. The standard InChI is InChI=1S/C17H13F4NO3/c1-10(25-16(24)11-6-2-4-8-13(11)18)15(23)22-14-9-5-3-7-12(14)17(19,20)21/h2-10H,1H3,(H,22,23)/t10-/m1/s1. The molecule has 0 fully saturated rings. The summed E-state index contributed by atoms with van der Waals surface area (Å²) < 4.78 is 57.0. The Morgan fingerprint density at radius 2 is 1.64 bits per heavy atom. The summed E-state index contributed by atoms with van der Waals surface area (Å²) in [6.07, 6.45) is -6.08. The largest absolute Gasteiger partial charge is 0.449 e. The van der Waals surface area contributed by atoms with E-state index < -0.39 is 41.2 Å². The first-order valence-electron chi connectivity index (χ1n) is 7.12. The number of rotatable bonds is 4. The Hall–Kier alpha value is -2.90. The van der Waals surface area contributed by atoms with E-state index in [0.29, 0.717) is 0 Å². The summed E-state index contributed by atoms with van der Waals surface area (Å²) in [6, 6.07) is 9.38. The predicted octanol–water partition coefficient (Wildman–Crippen LogP) is 4.03. The molecule has 0 bridgehead atoms. The Morgan fingerprint density at radius 3 is 2.28 bits per heavy atom. The zero-order valence-corrected chi connectivity index (χ0v) is 12.9. The highest BCUT2D eigenvalue weighted by Gasteiger charge is 2.34. The number of hydrogen-bond donors (Lipinski definition) is 1. The van der Waals surface area contributed by atoms with Crippen LogP contribution in [-0.2, 0) is 15.7 Å². The maximum atomic E-state index is 13.5. The molecule has 0 heterocycles. The molecule has 0 radical (unpaired) electrons. The van der Waals surface area contributed by atoms with E-state index in [9.17, 15) is 27.2 Å². The molecular formula is C17H13F4NO3. The summed E-state index contributed by atoms with van der Waals surface area (Å²) in [5.74, 6) is -2.89. The molecule has 1 N–H and O–H groups in total. The molecule has 0 spiro atoms. The molecule has 2 aromatic carbocycles. The normalized spacial score (nSPS) is 12.4. The number of anilines is 1. The fraction of sp³-hybridized carbons (Fsp3) is 0.176. The van der Waals surface area contributed by atoms with Crippen molar-refractivity contribution in [3.63, 3.8) is 0 Å². The van der Waals surface area contributed by atoms with Gasteiger partial charge in [0, 0.05) is 0 Å². The van der Waals surface area contributed by atoms with E-state index in [-0.39, 0.29) is 5.56 Å². The molecule has 0 aliphatic heterocycles. The van der Waals surface area contributed by atoms with Gasteiger partial charge in [-0.05, 0) is 31.2 Å². The van der Waals surface area contributed by atoms with Crippen LogP contribution in [0.4, 0.5) is 23.2 Å². The second kappa shape index (κ2) is 7.33. The van der Waals surface area contributed by atoms with Crippen LogP contribution in [0.3, 0.4) is 0 Å². The van der Waals surface area contributed by atoms with Crippen molar-refractivity contribution in [1.29, 1.82) is 0 Å². The third kappa shape index (κ3) is 4.56. The van der Waals surface area contributed by atoms with Gasteiger partial charge in [0.2, 0.25) is 0 Å². The molecule has 0 aliphatic rings. The minimum absolute atomic E-state index is 0.377. The summed E-state index contributed by atoms with van der Waals surface area (Å²) >= 11 is 0. The summed E-state index contributed by atoms with van der Waals surface area (Å²) in [4.78, 5) is 23.8. The van der Waals surface area contributed by atoms with Crippen LogP contribution >= 0.6 is 0 Å². The topological polar surface area (TPSA) is 55.4 Å². The number of carbonyl (C=O) groups excluding carboxylic acids is 2. The summed E-state index contributed by atoms with van der Waals surface area (Å²) in [5.41, 5.74) is -1.87. The van der Waals surface area contributed by atoms with Gasteiger partial charge in [-0.3, -0.25) is 4.79 Å². The molecule has 2 aromatic rings. The van der Waals surface area contributed by atoms with Gasteiger partial charge in [-0.15, -0.1) is 0 Å². The molecular weight excluding hydrogens is 342 g/mol. The highest BCUT2D eigenvalue weighted by Crippen LogP contribution is 2.34. The second-order valence-electron chi connectivity index (χ2n) is 5.06. The van der Waals surface area contributed by atoms with Crippen molar-refractivity contribution in [1.82, 2.24) is 0 Å². The van der Waals surface area contributed by atoms with Crippen molar-refractivity contribution in [2.24, 2.45) is 0 Å². The second-order valence-corrected chi connectivity index (χ2v) is 5.06. The SMILES string of the molecule is C[C@@H](OC(=O)c1ccccc1F)C(=O)Nc1ccccc1C(F)(F)F. The number of carbonyl (C=O) groups is 2. The molecule has 0 unspecified atom stereocenters. The summed E-state index contributed by atoms with van der Waals surface area (Å²) in [6.45, 7) is 1.17. The minimum atomic E-state index is -4.66. The van der Waals surface area contributed by atoms with Crippen molar-refractivity contribution in [2.75, 3.05) is 5.32 Å². The molecule has 4 nitrogen and oxygen atoms in total. The van der Waals surface area contributed by atoms with E-state index >= 15 is 0 Å². The van der Waals surface area contributed by atoms with Gasteiger partial charge in [0.05, 0.1) is 16.8 Å². The first-order chi connectivity index (χ1) is 11.7. The molecule has 0 saturated carbocycles. The number of amides is 1. The van der Waals surface area contributed by atoms with E-state index in [2.05, 4.69) is 5.32 Å². The molecule has 132 valence electrons. The van der Waals surface area contributed by atoms with Crippen molar-refractivity contribution in [3.8, 4) is 0 Å². The third-order valence-electron chi connectivity index (χ3n) is 3.24. The maximum Gasteiger partial charge on any atom is 0.418 e. The third-order valence-corrected chi connectivity index (χ3v) is 3.24. The van der Waals surface area contributed by atoms with Gasteiger partial charge in [-0.25, -0.2) is 9.18 Å². The van der Waals surface area contributed by atoms with Gasteiger partial charge in [-0.2, -0.15) is 13.2 Å². The first-order valence-corrected chi connectivity index (χ1v) is 7.12. The predicted molar refractivity (Wildman–Crippen MR) is 81.4 cm³/mol. The lowest BCUT2D eigenvalue weighted by Crippen LogP contribution is -2.31. The molecule has 2 rings (SSSR count). The van der Waals surface area contributed by atoms with Gasteiger partial charge in [0.1, 0.15) is 5.82 Å². The van der Waals surface area contributed by atoms with E-state index in [1.807, 2.05) is 0 Å². The van der Waals surface area contributed by atoms with Crippen molar-refractivity contribution >= 4 is 17.6 Å². The molecule has 0 aliphatic carbocycles. The number of hydrogen-bond acceptors (Lipinski definition) is 3. The summed E-state index contributed by atoms with van der Waals surface area (Å²) in [7, 11) is 0.